The van der Waals surface area contributed by atoms with Crippen molar-refractivity contribution >= 4 is 5.71 Å². The largest absolute Gasteiger partial charge is 0.507 e. The SMILES string of the molecule is COc1ccc(O)c(C2=NN[C@@H](c3ccc(F)cc3)C2)c1. The summed E-state index contributed by atoms with van der Waals surface area (Å²) >= 11 is 0. The van der Waals surface area contributed by atoms with E-state index >= 15 is 0 Å². The third-order valence-corrected chi connectivity index (χ3v) is 3.54. The second kappa shape index (κ2) is 5.44. The van der Waals surface area contributed by atoms with E-state index in [1.54, 1.807) is 37.4 Å². The smallest absolute Gasteiger partial charge is 0.124 e. The molecule has 1 aliphatic rings. The highest BCUT2D eigenvalue weighted by molar-refractivity contribution is 6.04. The van der Waals surface area contributed by atoms with Crippen molar-refractivity contribution in [3.05, 3.63) is 59.4 Å². The van der Waals surface area contributed by atoms with E-state index in [2.05, 4.69) is 10.5 Å². The molecule has 4 nitrogen and oxygen atoms in total. The van der Waals surface area contributed by atoms with Crippen LogP contribution in [-0.4, -0.2) is 17.9 Å². The fourth-order valence-corrected chi connectivity index (χ4v) is 2.37. The molecule has 0 bridgehead atoms. The Labute approximate surface area is 121 Å². The molecule has 21 heavy (non-hydrogen) atoms. The van der Waals surface area contributed by atoms with Gasteiger partial charge in [0.1, 0.15) is 17.3 Å². The number of halogens is 1. The highest BCUT2D eigenvalue weighted by atomic mass is 19.1. The topological polar surface area (TPSA) is 53.9 Å². The van der Waals surface area contributed by atoms with Crippen molar-refractivity contribution in [1.82, 2.24) is 5.43 Å². The van der Waals surface area contributed by atoms with Crippen molar-refractivity contribution in [2.45, 2.75) is 12.5 Å². The van der Waals surface area contributed by atoms with E-state index in [0.717, 1.165) is 11.3 Å². The fourth-order valence-electron chi connectivity index (χ4n) is 2.37. The van der Waals surface area contributed by atoms with Crippen molar-refractivity contribution in [3.8, 4) is 11.5 Å². The molecule has 2 aromatic rings. The van der Waals surface area contributed by atoms with Crippen LogP contribution >= 0.6 is 0 Å². The molecule has 0 amide bonds. The van der Waals surface area contributed by atoms with Gasteiger partial charge >= 0.3 is 0 Å². The Morgan fingerprint density at radius 1 is 1.24 bits per heavy atom. The highest BCUT2D eigenvalue weighted by Gasteiger charge is 2.23. The van der Waals surface area contributed by atoms with Gasteiger partial charge in [0.25, 0.3) is 0 Å². The molecule has 1 aliphatic heterocycles. The summed E-state index contributed by atoms with van der Waals surface area (Å²) in [4.78, 5) is 0. The van der Waals surface area contributed by atoms with Crippen molar-refractivity contribution < 1.29 is 14.2 Å². The molecular formula is C16H15FN2O2. The summed E-state index contributed by atoms with van der Waals surface area (Å²) in [5.74, 6) is 0.565. The number of hydrogen-bond donors (Lipinski definition) is 2. The summed E-state index contributed by atoms with van der Waals surface area (Å²) < 4.78 is 18.1. The van der Waals surface area contributed by atoms with Crippen molar-refractivity contribution in [2.24, 2.45) is 5.10 Å². The lowest BCUT2D eigenvalue weighted by molar-refractivity contribution is 0.412. The molecule has 0 aliphatic carbocycles. The Morgan fingerprint density at radius 2 is 2.00 bits per heavy atom. The Bertz CT molecular complexity index is 683. The number of hydrogen-bond acceptors (Lipinski definition) is 4. The third kappa shape index (κ3) is 2.67. The average molecular weight is 286 g/mol. The monoisotopic (exact) mass is 286 g/mol. The van der Waals surface area contributed by atoms with Gasteiger partial charge in [-0.3, -0.25) is 0 Å². The maximum atomic E-state index is 13.0. The summed E-state index contributed by atoms with van der Waals surface area (Å²) in [5, 5.41) is 14.3. The van der Waals surface area contributed by atoms with Crippen molar-refractivity contribution in [1.29, 1.82) is 0 Å². The quantitative estimate of drug-likeness (QED) is 0.912. The van der Waals surface area contributed by atoms with Gasteiger partial charge in [0.2, 0.25) is 0 Å². The van der Waals surface area contributed by atoms with E-state index in [-0.39, 0.29) is 17.6 Å². The van der Waals surface area contributed by atoms with Crippen LogP contribution in [0.3, 0.4) is 0 Å². The molecule has 2 N–H and O–H groups in total. The minimum Gasteiger partial charge on any atom is -0.507 e. The van der Waals surface area contributed by atoms with Gasteiger partial charge in [-0.25, -0.2) is 4.39 Å². The summed E-state index contributed by atoms with van der Waals surface area (Å²) in [6, 6.07) is 11.3. The van der Waals surface area contributed by atoms with E-state index < -0.39 is 0 Å². The minimum absolute atomic E-state index is 0.0220. The Kier molecular flexibility index (Phi) is 3.48. The number of aromatic hydroxyl groups is 1. The number of ether oxygens (including phenoxy) is 1. The van der Waals surface area contributed by atoms with Crippen LogP contribution in [0.1, 0.15) is 23.6 Å². The number of phenolic OH excluding ortho intramolecular Hbond substituents is 1. The van der Waals surface area contributed by atoms with Gasteiger partial charge in [-0.1, -0.05) is 12.1 Å². The van der Waals surface area contributed by atoms with E-state index in [9.17, 15) is 9.50 Å². The predicted octanol–water partition coefficient (Wildman–Crippen LogP) is 2.98. The van der Waals surface area contributed by atoms with Gasteiger partial charge in [0.05, 0.1) is 18.9 Å². The molecular weight excluding hydrogens is 271 g/mol. The molecule has 0 saturated heterocycles. The number of nitrogens with one attached hydrogen (secondary N) is 1. The maximum Gasteiger partial charge on any atom is 0.124 e. The van der Waals surface area contributed by atoms with Gasteiger partial charge in [0, 0.05) is 12.0 Å². The van der Waals surface area contributed by atoms with Gasteiger partial charge < -0.3 is 15.3 Å². The van der Waals surface area contributed by atoms with Gasteiger partial charge in [-0.15, -0.1) is 0 Å². The maximum absolute atomic E-state index is 13.0. The van der Waals surface area contributed by atoms with Gasteiger partial charge in [-0.2, -0.15) is 5.10 Å². The van der Waals surface area contributed by atoms with Gasteiger partial charge in [0.15, 0.2) is 0 Å². The first-order valence-corrected chi connectivity index (χ1v) is 6.62. The first-order chi connectivity index (χ1) is 10.2. The molecule has 3 rings (SSSR count). The molecule has 1 heterocycles. The van der Waals surface area contributed by atoms with E-state index in [1.165, 1.54) is 12.1 Å². The molecule has 0 saturated carbocycles. The molecule has 1 atom stereocenters. The van der Waals surface area contributed by atoms with E-state index in [0.29, 0.717) is 17.7 Å². The average Bonchev–Trinajstić information content (AvgIpc) is 2.98. The van der Waals surface area contributed by atoms with Crippen LogP contribution in [0.5, 0.6) is 11.5 Å². The molecule has 0 aromatic heterocycles. The normalized spacial score (nSPS) is 17.2. The summed E-state index contributed by atoms with van der Waals surface area (Å²) in [7, 11) is 1.58. The third-order valence-electron chi connectivity index (χ3n) is 3.54. The number of hydrazone groups is 1. The first-order valence-electron chi connectivity index (χ1n) is 6.62. The number of rotatable bonds is 3. The standard InChI is InChI=1S/C16H15FN2O2/c1-21-12-6-7-16(20)13(8-12)15-9-14(18-19-15)10-2-4-11(17)5-3-10/h2-8,14,18,20H,9H2,1H3/t14-/m1/s1. The lowest BCUT2D eigenvalue weighted by Crippen LogP contribution is -2.09. The second-order valence-corrected chi connectivity index (χ2v) is 4.88. The van der Waals surface area contributed by atoms with Crippen molar-refractivity contribution in [2.75, 3.05) is 7.11 Å². The number of methoxy groups -OCH3 is 1. The fraction of sp³-hybridized carbons (Fsp3) is 0.188. The predicted molar refractivity (Wildman–Crippen MR) is 78.1 cm³/mol. The van der Waals surface area contributed by atoms with E-state index in [1.807, 2.05) is 0 Å². The molecule has 0 fully saturated rings. The van der Waals surface area contributed by atoms with Crippen LogP contribution in [0.4, 0.5) is 4.39 Å². The molecule has 0 radical (unpaired) electrons. The van der Waals surface area contributed by atoms with Crippen LogP contribution in [0.15, 0.2) is 47.6 Å². The molecule has 2 aromatic carbocycles. The lowest BCUT2D eigenvalue weighted by atomic mass is 9.98. The summed E-state index contributed by atoms with van der Waals surface area (Å²) in [6.45, 7) is 0. The number of phenols is 1. The zero-order valence-electron chi connectivity index (χ0n) is 11.5. The van der Waals surface area contributed by atoms with E-state index in [4.69, 9.17) is 4.74 Å². The highest BCUT2D eigenvalue weighted by Crippen LogP contribution is 2.30. The lowest BCUT2D eigenvalue weighted by Gasteiger charge is -2.10. The Hall–Kier alpha value is -2.56. The van der Waals surface area contributed by atoms with Crippen LogP contribution in [0.25, 0.3) is 0 Å². The summed E-state index contributed by atoms with van der Waals surface area (Å²) in [5.41, 5.74) is 5.37. The molecule has 5 heteroatoms. The minimum atomic E-state index is -0.261. The number of nitrogens with zero attached hydrogens (tertiary/aromatic N) is 1. The zero-order chi connectivity index (χ0) is 14.8. The van der Waals surface area contributed by atoms with Crippen LogP contribution in [0.2, 0.25) is 0 Å². The van der Waals surface area contributed by atoms with Crippen LogP contribution in [0, 0.1) is 5.82 Å². The Balaban J connectivity index is 1.82. The molecule has 0 unspecified atom stereocenters. The number of benzene rings is 2. The molecule has 0 spiro atoms. The van der Waals surface area contributed by atoms with Crippen molar-refractivity contribution in [3.63, 3.8) is 0 Å². The van der Waals surface area contributed by atoms with Crippen LogP contribution < -0.4 is 10.2 Å². The summed E-state index contributed by atoms with van der Waals surface area (Å²) in [6.07, 6.45) is 0.617. The Morgan fingerprint density at radius 3 is 2.71 bits per heavy atom. The first kappa shape index (κ1) is 13.4. The van der Waals surface area contributed by atoms with Crippen LogP contribution in [-0.2, 0) is 0 Å². The zero-order valence-corrected chi connectivity index (χ0v) is 11.5. The molecule has 108 valence electrons. The van der Waals surface area contributed by atoms with Gasteiger partial charge in [-0.05, 0) is 35.9 Å². The second-order valence-electron chi connectivity index (χ2n) is 4.88.